The fraction of sp³-hybridized carbons (Fsp3) is 0.727. The third-order valence-electron chi connectivity index (χ3n) is 3.21. The molecule has 0 bridgehead atoms. The number of thiazole rings is 1. The van der Waals surface area contributed by atoms with Gasteiger partial charge in [-0.2, -0.15) is 0 Å². The van der Waals surface area contributed by atoms with Crippen molar-refractivity contribution in [3.8, 4) is 0 Å². The van der Waals surface area contributed by atoms with E-state index in [1.165, 1.54) is 30.0 Å². The zero-order valence-corrected chi connectivity index (χ0v) is 9.95. The monoisotopic (exact) mass is 210 g/mol. The molecule has 1 aromatic heterocycles. The van der Waals surface area contributed by atoms with Crippen LogP contribution in [0.2, 0.25) is 0 Å². The van der Waals surface area contributed by atoms with Crippen LogP contribution < -0.4 is 5.32 Å². The first-order chi connectivity index (χ1) is 6.63. The van der Waals surface area contributed by atoms with Crippen molar-refractivity contribution in [3.63, 3.8) is 0 Å². The number of hydrogen-bond donors (Lipinski definition) is 1. The van der Waals surface area contributed by atoms with Crippen LogP contribution in [0.15, 0.2) is 5.38 Å². The molecule has 0 atom stereocenters. The molecule has 1 aliphatic carbocycles. The molecular weight excluding hydrogens is 192 g/mol. The van der Waals surface area contributed by atoms with E-state index in [4.69, 9.17) is 4.98 Å². The van der Waals surface area contributed by atoms with Gasteiger partial charge in [0.25, 0.3) is 0 Å². The van der Waals surface area contributed by atoms with Crippen LogP contribution in [-0.2, 0) is 5.54 Å². The minimum atomic E-state index is 0.0205. The molecule has 0 saturated heterocycles. The molecule has 0 radical (unpaired) electrons. The van der Waals surface area contributed by atoms with E-state index in [9.17, 15) is 0 Å². The summed E-state index contributed by atoms with van der Waals surface area (Å²) in [7, 11) is 1.99. The number of rotatable bonds is 3. The SMILES string of the molecule is CNC(C)(C)c1nc(C2CCC2)cs1. The number of aromatic nitrogens is 1. The molecule has 0 aliphatic heterocycles. The van der Waals surface area contributed by atoms with Gasteiger partial charge in [-0.25, -0.2) is 4.98 Å². The quantitative estimate of drug-likeness (QED) is 0.830. The third kappa shape index (κ3) is 1.71. The number of nitrogens with zero attached hydrogens (tertiary/aromatic N) is 1. The van der Waals surface area contributed by atoms with Crippen molar-refractivity contribution < 1.29 is 0 Å². The summed E-state index contributed by atoms with van der Waals surface area (Å²) in [6.45, 7) is 4.35. The molecule has 0 amide bonds. The second kappa shape index (κ2) is 3.63. The first-order valence-corrected chi connectivity index (χ1v) is 6.16. The summed E-state index contributed by atoms with van der Waals surface area (Å²) in [6.07, 6.45) is 4.05. The van der Waals surface area contributed by atoms with Gasteiger partial charge in [0.15, 0.2) is 0 Å². The van der Waals surface area contributed by atoms with Crippen molar-refractivity contribution in [1.29, 1.82) is 0 Å². The Morgan fingerprint density at radius 3 is 2.71 bits per heavy atom. The van der Waals surface area contributed by atoms with Gasteiger partial charge in [0, 0.05) is 11.3 Å². The summed E-state index contributed by atoms with van der Waals surface area (Å²) >= 11 is 1.79. The fourth-order valence-electron chi connectivity index (χ4n) is 1.57. The Hall–Kier alpha value is -0.410. The Bertz CT molecular complexity index is 313. The lowest BCUT2D eigenvalue weighted by atomic mass is 9.83. The van der Waals surface area contributed by atoms with Crippen LogP contribution in [0.4, 0.5) is 0 Å². The predicted molar refractivity (Wildman–Crippen MR) is 60.8 cm³/mol. The summed E-state index contributed by atoms with van der Waals surface area (Å²) in [5.74, 6) is 0.757. The van der Waals surface area contributed by atoms with Crippen LogP contribution in [-0.4, -0.2) is 12.0 Å². The van der Waals surface area contributed by atoms with Crippen molar-refractivity contribution in [3.05, 3.63) is 16.1 Å². The Balaban J connectivity index is 2.16. The van der Waals surface area contributed by atoms with E-state index < -0.39 is 0 Å². The van der Waals surface area contributed by atoms with Crippen LogP contribution in [0.5, 0.6) is 0 Å². The van der Waals surface area contributed by atoms with Crippen LogP contribution in [0, 0.1) is 0 Å². The van der Waals surface area contributed by atoms with Crippen LogP contribution in [0.1, 0.15) is 49.7 Å². The van der Waals surface area contributed by atoms with Gasteiger partial charge in [0.05, 0.1) is 11.2 Å². The van der Waals surface area contributed by atoms with Crippen molar-refractivity contribution in [2.24, 2.45) is 0 Å². The van der Waals surface area contributed by atoms with E-state index in [1.54, 1.807) is 11.3 Å². The van der Waals surface area contributed by atoms with Gasteiger partial charge in [-0.1, -0.05) is 6.42 Å². The molecule has 1 N–H and O–H groups in total. The highest BCUT2D eigenvalue weighted by atomic mass is 32.1. The van der Waals surface area contributed by atoms with Crippen molar-refractivity contribution in [1.82, 2.24) is 10.3 Å². The summed E-state index contributed by atoms with van der Waals surface area (Å²) in [4.78, 5) is 4.73. The van der Waals surface area contributed by atoms with Gasteiger partial charge < -0.3 is 5.32 Å². The van der Waals surface area contributed by atoms with Gasteiger partial charge in [-0.15, -0.1) is 11.3 Å². The highest BCUT2D eigenvalue weighted by Gasteiger charge is 2.26. The second-order valence-electron chi connectivity index (χ2n) is 4.58. The van der Waals surface area contributed by atoms with Gasteiger partial charge in [-0.3, -0.25) is 0 Å². The van der Waals surface area contributed by atoms with E-state index in [2.05, 4.69) is 24.5 Å². The average molecular weight is 210 g/mol. The highest BCUT2D eigenvalue weighted by Crippen LogP contribution is 2.37. The maximum Gasteiger partial charge on any atom is 0.112 e. The summed E-state index contributed by atoms with van der Waals surface area (Å²) in [6, 6.07) is 0. The Labute approximate surface area is 89.8 Å². The minimum absolute atomic E-state index is 0.0205. The average Bonchev–Trinajstić information content (AvgIpc) is 2.51. The molecule has 14 heavy (non-hydrogen) atoms. The predicted octanol–water partition coefficient (Wildman–Crippen LogP) is 2.87. The topological polar surface area (TPSA) is 24.9 Å². The van der Waals surface area contributed by atoms with Gasteiger partial charge in [-0.05, 0) is 33.7 Å². The van der Waals surface area contributed by atoms with Crippen LogP contribution in [0.25, 0.3) is 0 Å². The van der Waals surface area contributed by atoms with Gasteiger partial charge >= 0.3 is 0 Å². The standard InChI is InChI=1S/C11H18N2S/c1-11(2,12-3)10-13-9(7-14-10)8-5-4-6-8/h7-8,12H,4-6H2,1-3H3. The van der Waals surface area contributed by atoms with Gasteiger partial charge in [0.1, 0.15) is 5.01 Å². The molecule has 0 aromatic carbocycles. The molecule has 1 fully saturated rings. The van der Waals surface area contributed by atoms with E-state index in [1.807, 2.05) is 7.05 Å². The normalized spacial score (nSPS) is 18.2. The fourth-order valence-corrected chi connectivity index (χ4v) is 2.60. The molecule has 0 unspecified atom stereocenters. The molecule has 0 spiro atoms. The third-order valence-corrected chi connectivity index (χ3v) is 4.39. The molecule has 1 aliphatic rings. The molecule has 3 heteroatoms. The van der Waals surface area contributed by atoms with Crippen LogP contribution in [0.3, 0.4) is 0 Å². The molecule has 1 aromatic rings. The highest BCUT2D eigenvalue weighted by molar-refractivity contribution is 7.09. The largest absolute Gasteiger partial charge is 0.309 e. The first-order valence-electron chi connectivity index (χ1n) is 5.28. The molecule has 2 rings (SSSR count). The first kappa shape index (κ1) is 10.1. The van der Waals surface area contributed by atoms with E-state index in [-0.39, 0.29) is 5.54 Å². The molecule has 78 valence electrons. The summed E-state index contributed by atoms with van der Waals surface area (Å²) in [5, 5.41) is 6.74. The zero-order valence-electron chi connectivity index (χ0n) is 9.13. The number of hydrogen-bond acceptors (Lipinski definition) is 3. The minimum Gasteiger partial charge on any atom is -0.309 e. The second-order valence-corrected chi connectivity index (χ2v) is 5.44. The smallest absolute Gasteiger partial charge is 0.112 e. The summed E-state index contributed by atoms with van der Waals surface area (Å²) < 4.78 is 0. The maximum atomic E-state index is 4.73. The lowest BCUT2D eigenvalue weighted by Gasteiger charge is -2.24. The van der Waals surface area contributed by atoms with Crippen molar-refractivity contribution in [2.45, 2.75) is 44.6 Å². The Morgan fingerprint density at radius 2 is 2.21 bits per heavy atom. The van der Waals surface area contributed by atoms with E-state index >= 15 is 0 Å². The zero-order chi connectivity index (χ0) is 10.2. The van der Waals surface area contributed by atoms with E-state index in [0.29, 0.717) is 0 Å². The summed E-state index contributed by atoms with van der Waals surface area (Å²) in [5.41, 5.74) is 1.34. The van der Waals surface area contributed by atoms with Crippen molar-refractivity contribution in [2.75, 3.05) is 7.05 Å². The lowest BCUT2D eigenvalue weighted by molar-refractivity contribution is 0.404. The Kier molecular flexibility index (Phi) is 2.62. The van der Waals surface area contributed by atoms with E-state index in [0.717, 1.165) is 5.92 Å². The number of nitrogens with one attached hydrogen (secondary N) is 1. The van der Waals surface area contributed by atoms with Gasteiger partial charge in [0.2, 0.25) is 0 Å². The van der Waals surface area contributed by atoms with Crippen LogP contribution >= 0.6 is 11.3 Å². The van der Waals surface area contributed by atoms with Crippen molar-refractivity contribution >= 4 is 11.3 Å². The lowest BCUT2D eigenvalue weighted by Crippen LogP contribution is -2.33. The molecule has 1 saturated carbocycles. The molecule has 2 nitrogen and oxygen atoms in total. The molecule has 1 heterocycles. The molecular formula is C11H18N2S. The Morgan fingerprint density at radius 1 is 1.50 bits per heavy atom. The maximum absolute atomic E-state index is 4.73.